The lowest BCUT2D eigenvalue weighted by Crippen LogP contribution is -2.32. The number of nitrogens with one attached hydrogen (secondary N) is 2. The molecule has 5 heteroatoms. The van der Waals surface area contributed by atoms with Crippen LogP contribution in [0.3, 0.4) is 0 Å². The third kappa shape index (κ3) is 3.71. The van der Waals surface area contributed by atoms with E-state index in [4.69, 9.17) is 4.42 Å². The van der Waals surface area contributed by atoms with E-state index in [1.165, 1.54) is 0 Å². The summed E-state index contributed by atoms with van der Waals surface area (Å²) in [6.07, 6.45) is 0. The van der Waals surface area contributed by atoms with Crippen LogP contribution in [0.15, 0.2) is 40.8 Å². The monoisotopic (exact) mass is 272 g/mol. The second kappa shape index (κ2) is 6.06. The number of anilines is 1. The molecule has 1 heterocycles. The summed E-state index contributed by atoms with van der Waals surface area (Å²) in [7, 11) is 0. The summed E-state index contributed by atoms with van der Waals surface area (Å²) in [5.41, 5.74) is 1.76. The molecule has 2 rings (SSSR count). The molecular weight excluding hydrogens is 256 g/mol. The van der Waals surface area contributed by atoms with Gasteiger partial charge in [0.05, 0.1) is 6.54 Å². The number of hydrogen-bond donors (Lipinski definition) is 2. The van der Waals surface area contributed by atoms with Crippen LogP contribution in [0, 0.1) is 13.8 Å². The highest BCUT2D eigenvalue weighted by atomic mass is 16.3. The van der Waals surface area contributed by atoms with Crippen LogP contribution in [0.4, 0.5) is 5.69 Å². The summed E-state index contributed by atoms with van der Waals surface area (Å²) in [5, 5.41) is 5.21. The molecule has 0 spiro atoms. The maximum Gasteiger partial charge on any atom is 0.287 e. The summed E-state index contributed by atoms with van der Waals surface area (Å²) in [5.74, 6) is 0.162. The number of furan rings is 1. The Bertz CT molecular complexity index is 632. The SMILES string of the molecule is Cc1cccc(NC(=O)CNC(=O)c2ccc(C)o2)c1. The Morgan fingerprint density at radius 3 is 2.60 bits per heavy atom. The van der Waals surface area contributed by atoms with Crippen molar-refractivity contribution >= 4 is 17.5 Å². The molecular formula is C15H16N2O3. The van der Waals surface area contributed by atoms with E-state index in [1.54, 1.807) is 25.1 Å². The molecule has 0 aliphatic rings. The molecule has 1 aromatic carbocycles. The van der Waals surface area contributed by atoms with E-state index in [9.17, 15) is 9.59 Å². The van der Waals surface area contributed by atoms with Gasteiger partial charge in [0.25, 0.3) is 5.91 Å². The van der Waals surface area contributed by atoms with Crippen LogP contribution in [0.2, 0.25) is 0 Å². The van der Waals surface area contributed by atoms with Gasteiger partial charge in [-0.25, -0.2) is 0 Å². The number of rotatable bonds is 4. The first-order chi connectivity index (χ1) is 9.54. The van der Waals surface area contributed by atoms with E-state index in [1.807, 2.05) is 25.1 Å². The number of aryl methyl sites for hydroxylation is 2. The van der Waals surface area contributed by atoms with Gasteiger partial charge in [0.1, 0.15) is 5.76 Å². The van der Waals surface area contributed by atoms with Crippen molar-refractivity contribution in [1.82, 2.24) is 5.32 Å². The zero-order valence-corrected chi connectivity index (χ0v) is 11.4. The average Bonchev–Trinajstić information content (AvgIpc) is 2.83. The van der Waals surface area contributed by atoms with E-state index in [0.717, 1.165) is 5.56 Å². The fourth-order valence-electron chi connectivity index (χ4n) is 1.73. The molecule has 0 bridgehead atoms. The quantitative estimate of drug-likeness (QED) is 0.896. The Morgan fingerprint density at radius 1 is 1.15 bits per heavy atom. The molecule has 104 valence electrons. The van der Waals surface area contributed by atoms with Crippen molar-refractivity contribution in [2.24, 2.45) is 0 Å². The summed E-state index contributed by atoms with van der Waals surface area (Å²) in [4.78, 5) is 23.4. The molecule has 20 heavy (non-hydrogen) atoms. The normalized spacial score (nSPS) is 10.1. The van der Waals surface area contributed by atoms with E-state index in [-0.39, 0.29) is 18.2 Å². The molecule has 2 N–H and O–H groups in total. The van der Waals surface area contributed by atoms with Crippen LogP contribution in [-0.4, -0.2) is 18.4 Å². The highest BCUT2D eigenvalue weighted by Gasteiger charge is 2.11. The van der Waals surface area contributed by atoms with Gasteiger partial charge in [-0.15, -0.1) is 0 Å². The molecule has 5 nitrogen and oxygen atoms in total. The van der Waals surface area contributed by atoms with Gasteiger partial charge < -0.3 is 15.1 Å². The smallest absolute Gasteiger partial charge is 0.287 e. The zero-order valence-electron chi connectivity index (χ0n) is 11.4. The number of amides is 2. The predicted molar refractivity (Wildman–Crippen MR) is 75.6 cm³/mol. The van der Waals surface area contributed by atoms with Crippen molar-refractivity contribution in [2.75, 3.05) is 11.9 Å². The molecule has 0 atom stereocenters. The Balaban J connectivity index is 1.85. The lowest BCUT2D eigenvalue weighted by Gasteiger charge is -2.06. The fraction of sp³-hybridized carbons (Fsp3) is 0.200. The highest BCUT2D eigenvalue weighted by molar-refractivity contribution is 5.98. The maximum absolute atomic E-state index is 11.7. The molecule has 0 saturated carbocycles. The van der Waals surface area contributed by atoms with Crippen LogP contribution < -0.4 is 10.6 Å². The summed E-state index contributed by atoms with van der Waals surface area (Å²) >= 11 is 0. The van der Waals surface area contributed by atoms with E-state index in [2.05, 4.69) is 10.6 Å². The van der Waals surface area contributed by atoms with Crippen molar-refractivity contribution in [3.63, 3.8) is 0 Å². The summed E-state index contributed by atoms with van der Waals surface area (Å²) < 4.78 is 5.17. The number of hydrogen-bond acceptors (Lipinski definition) is 3. The zero-order chi connectivity index (χ0) is 14.5. The van der Waals surface area contributed by atoms with Gasteiger partial charge in [0.2, 0.25) is 5.91 Å². The first-order valence-electron chi connectivity index (χ1n) is 6.26. The van der Waals surface area contributed by atoms with Crippen molar-refractivity contribution < 1.29 is 14.0 Å². The molecule has 2 aromatic rings. The highest BCUT2D eigenvalue weighted by Crippen LogP contribution is 2.09. The Morgan fingerprint density at radius 2 is 1.95 bits per heavy atom. The third-order valence-corrected chi connectivity index (χ3v) is 2.68. The Labute approximate surface area is 117 Å². The number of benzene rings is 1. The minimum atomic E-state index is -0.405. The minimum Gasteiger partial charge on any atom is -0.456 e. The molecule has 0 saturated heterocycles. The molecule has 0 fully saturated rings. The van der Waals surface area contributed by atoms with Crippen LogP contribution in [-0.2, 0) is 4.79 Å². The van der Waals surface area contributed by atoms with Gasteiger partial charge in [0.15, 0.2) is 5.76 Å². The second-order valence-electron chi connectivity index (χ2n) is 4.51. The van der Waals surface area contributed by atoms with E-state index < -0.39 is 5.91 Å². The van der Waals surface area contributed by atoms with Crippen LogP contribution in [0.1, 0.15) is 21.9 Å². The van der Waals surface area contributed by atoms with Crippen LogP contribution in [0.5, 0.6) is 0 Å². The first-order valence-corrected chi connectivity index (χ1v) is 6.26. The van der Waals surface area contributed by atoms with Crippen molar-refractivity contribution in [1.29, 1.82) is 0 Å². The summed E-state index contributed by atoms with van der Waals surface area (Å²) in [6.45, 7) is 3.59. The van der Waals surface area contributed by atoms with Gasteiger partial charge in [-0.1, -0.05) is 12.1 Å². The number of carbonyl (C=O) groups excluding carboxylic acids is 2. The minimum absolute atomic E-state index is 0.105. The van der Waals surface area contributed by atoms with Crippen molar-refractivity contribution in [3.8, 4) is 0 Å². The molecule has 0 unspecified atom stereocenters. The predicted octanol–water partition coefficient (Wildman–Crippen LogP) is 2.26. The second-order valence-corrected chi connectivity index (χ2v) is 4.51. The molecule has 0 radical (unpaired) electrons. The van der Waals surface area contributed by atoms with Gasteiger partial charge in [0, 0.05) is 5.69 Å². The van der Waals surface area contributed by atoms with Crippen molar-refractivity contribution in [3.05, 3.63) is 53.5 Å². The average molecular weight is 272 g/mol. The molecule has 2 amide bonds. The lowest BCUT2D eigenvalue weighted by atomic mass is 10.2. The Kier molecular flexibility index (Phi) is 4.20. The standard InChI is InChI=1S/C15H16N2O3/c1-10-4-3-5-12(8-10)17-14(18)9-16-15(19)13-7-6-11(2)20-13/h3-8H,9H2,1-2H3,(H,16,19)(H,17,18). The van der Waals surface area contributed by atoms with Crippen molar-refractivity contribution in [2.45, 2.75) is 13.8 Å². The third-order valence-electron chi connectivity index (χ3n) is 2.68. The van der Waals surface area contributed by atoms with Crippen LogP contribution >= 0.6 is 0 Å². The fourth-order valence-corrected chi connectivity index (χ4v) is 1.73. The van der Waals surface area contributed by atoms with Gasteiger partial charge >= 0.3 is 0 Å². The molecule has 1 aromatic heterocycles. The number of carbonyl (C=O) groups is 2. The lowest BCUT2D eigenvalue weighted by molar-refractivity contribution is -0.115. The topological polar surface area (TPSA) is 71.3 Å². The van der Waals surface area contributed by atoms with Gasteiger partial charge in [-0.2, -0.15) is 0 Å². The Hall–Kier alpha value is -2.56. The van der Waals surface area contributed by atoms with E-state index >= 15 is 0 Å². The molecule has 0 aliphatic carbocycles. The van der Waals surface area contributed by atoms with Gasteiger partial charge in [-0.3, -0.25) is 9.59 Å². The summed E-state index contributed by atoms with van der Waals surface area (Å²) in [6, 6.07) is 10.7. The molecule has 0 aliphatic heterocycles. The van der Waals surface area contributed by atoms with E-state index in [0.29, 0.717) is 11.4 Å². The van der Waals surface area contributed by atoms with Crippen LogP contribution in [0.25, 0.3) is 0 Å². The largest absolute Gasteiger partial charge is 0.456 e. The maximum atomic E-state index is 11.7. The first kappa shape index (κ1) is 13.9. The van der Waals surface area contributed by atoms with Gasteiger partial charge in [-0.05, 0) is 43.7 Å².